The molecule has 4 saturated heterocycles. The summed E-state index contributed by atoms with van der Waals surface area (Å²) < 4.78 is 56.7. The lowest BCUT2D eigenvalue weighted by molar-refractivity contribution is -0.154. The van der Waals surface area contributed by atoms with Crippen molar-refractivity contribution in [3.05, 3.63) is 41.5 Å². The normalized spacial score (nSPS) is 28.7. The first-order chi connectivity index (χ1) is 27.1. The van der Waals surface area contributed by atoms with Crippen LogP contribution in [0.25, 0.3) is 32.9 Å². The molecule has 0 radical (unpaired) electrons. The molecule has 6 fully saturated rings. The van der Waals surface area contributed by atoms with E-state index in [4.69, 9.17) is 41.1 Å². The predicted molar refractivity (Wildman–Crippen MR) is 207 cm³/mol. The van der Waals surface area contributed by atoms with Crippen molar-refractivity contribution in [1.82, 2.24) is 19.9 Å². The number of aromatic nitrogens is 3. The molecule has 2 aromatic carbocycles. The number of hydrogen-bond acceptors (Lipinski definition) is 11. The van der Waals surface area contributed by atoms with Crippen LogP contribution in [0.5, 0.6) is 17.6 Å². The maximum atomic E-state index is 17.4. The third kappa shape index (κ3) is 5.54. The van der Waals surface area contributed by atoms with Gasteiger partial charge in [0.25, 0.3) is 0 Å². The van der Waals surface area contributed by atoms with Gasteiger partial charge in [0.15, 0.2) is 5.82 Å². The van der Waals surface area contributed by atoms with Crippen molar-refractivity contribution >= 4 is 27.5 Å². The van der Waals surface area contributed by atoms with Crippen molar-refractivity contribution in [1.29, 1.82) is 0 Å². The molecule has 3 unspecified atom stereocenters. The van der Waals surface area contributed by atoms with E-state index in [0.29, 0.717) is 49.0 Å². The van der Waals surface area contributed by atoms with Crippen molar-refractivity contribution in [3.63, 3.8) is 0 Å². The van der Waals surface area contributed by atoms with Crippen LogP contribution in [0.15, 0.2) is 24.3 Å². The van der Waals surface area contributed by atoms with E-state index in [1.807, 2.05) is 0 Å². The first kappa shape index (κ1) is 36.0. The minimum Gasteiger partial charge on any atom is -0.508 e. The molecule has 0 amide bonds. The number of phenolic OH excluding ortho intramolecular Hbond substituents is 1. The average Bonchev–Trinajstić information content (AvgIpc) is 3.73. The highest BCUT2D eigenvalue weighted by Crippen LogP contribution is 2.55. The number of terminal acetylenes is 1. The van der Waals surface area contributed by atoms with Crippen LogP contribution in [0.3, 0.4) is 0 Å². The Bertz CT molecular complexity index is 2260. The number of nitrogens with zero attached hydrogens (tertiary/aromatic N) is 5. The average molecular weight is 767 g/mol. The molecule has 4 atom stereocenters. The van der Waals surface area contributed by atoms with Gasteiger partial charge in [-0.15, -0.1) is 6.42 Å². The molecule has 2 saturated carbocycles. The molecular formula is C43H48F2N6O5. The van der Waals surface area contributed by atoms with E-state index in [1.165, 1.54) is 44.2 Å². The Balaban J connectivity index is 1.07. The Kier molecular flexibility index (Phi) is 8.60. The number of rotatable bonds is 7. The minimum absolute atomic E-state index is 0.0110. The highest BCUT2D eigenvalue weighted by atomic mass is 19.1. The lowest BCUT2D eigenvalue weighted by Crippen LogP contribution is -2.70. The van der Waals surface area contributed by atoms with Crippen molar-refractivity contribution in [3.8, 4) is 41.2 Å². The van der Waals surface area contributed by atoms with Gasteiger partial charge in [0.1, 0.15) is 40.6 Å². The molecule has 294 valence electrons. The smallest absolute Gasteiger partial charge is 0.319 e. The molecule has 13 heteroatoms. The largest absolute Gasteiger partial charge is 0.508 e. The van der Waals surface area contributed by atoms with Gasteiger partial charge in [0.05, 0.1) is 44.3 Å². The van der Waals surface area contributed by atoms with Crippen molar-refractivity contribution in [2.24, 2.45) is 22.5 Å². The number of pyridine rings is 1. The maximum absolute atomic E-state index is 17.4. The summed E-state index contributed by atoms with van der Waals surface area (Å²) in [6, 6.07) is 5.96. The fraction of sp³-hybridized carbons (Fsp3) is 0.558. The number of aromatic hydroxyl groups is 1. The molecule has 11 nitrogen and oxygen atoms in total. The summed E-state index contributed by atoms with van der Waals surface area (Å²) in [5, 5.41) is 11.7. The Morgan fingerprint density at radius 3 is 2.61 bits per heavy atom. The number of piperidine rings is 2. The van der Waals surface area contributed by atoms with Crippen LogP contribution in [0.4, 0.5) is 14.6 Å². The second-order valence-corrected chi connectivity index (χ2v) is 17.3. The number of hydrogen-bond donors (Lipinski definition) is 2. The van der Waals surface area contributed by atoms with Crippen LogP contribution < -0.4 is 20.1 Å². The molecule has 56 heavy (non-hydrogen) atoms. The zero-order valence-electron chi connectivity index (χ0n) is 31.8. The van der Waals surface area contributed by atoms with E-state index in [9.17, 15) is 5.11 Å². The van der Waals surface area contributed by atoms with Crippen molar-refractivity contribution in [2.45, 2.75) is 82.0 Å². The molecule has 2 bridgehead atoms. The standard InChI is InChI=1S/C43H48F2N6O5/c1-3-30-32(44)7-6-26-17-28(52)18-31(33(26)30)36-35(45)37-34(39(47-36)53-2)38(50-19-25-16-29(20-50)55-21-25)49-40(48-37)56-24-42-10-4-12-43(42,46)51(15-5-11-42)27-8-13-41(14-9-27)22-54-23-41/h1,6-7,17-18,25,27,29,52H,4-5,8-16,19-24,46H2,2H3/t25?,29?,42?,43-/m1/s1. The molecule has 4 aromatic rings. The van der Waals surface area contributed by atoms with E-state index >= 15 is 8.78 Å². The molecule has 1 spiro atoms. The summed E-state index contributed by atoms with van der Waals surface area (Å²) in [7, 11) is 1.45. The molecule has 6 aliphatic rings. The summed E-state index contributed by atoms with van der Waals surface area (Å²) in [5.41, 5.74) is 6.85. The monoisotopic (exact) mass is 766 g/mol. The number of halogens is 2. The third-order valence-electron chi connectivity index (χ3n) is 14.2. The molecule has 4 aliphatic heterocycles. The molecule has 6 heterocycles. The number of benzene rings is 2. The topological polar surface area (TPSA) is 128 Å². The number of nitrogens with two attached hydrogens (primary N) is 1. The van der Waals surface area contributed by atoms with Crippen LogP contribution >= 0.6 is 0 Å². The number of ether oxygens (including phenoxy) is 4. The number of methoxy groups -OCH3 is 1. The highest BCUT2D eigenvalue weighted by Gasteiger charge is 2.60. The first-order valence-corrected chi connectivity index (χ1v) is 20.1. The number of phenols is 1. The minimum atomic E-state index is -0.798. The number of likely N-dealkylation sites (tertiary alicyclic amines) is 1. The third-order valence-corrected chi connectivity index (χ3v) is 14.2. The summed E-state index contributed by atoms with van der Waals surface area (Å²) in [6.45, 7) is 4.87. The van der Waals surface area contributed by atoms with Gasteiger partial charge in [-0.2, -0.15) is 9.97 Å². The second kappa shape index (κ2) is 13.4. The fourth-order valence-electron chi connectivity index (χ4n) is 11.3. The predicted octanol–water partition coefficient (Wildman–Crippen LogP) is 6.30. The Hall–Kier alpha value is -4.35. The van der Waals surface area contributed by atoms with E-state index in [-0.39, 0.29) is 68.2 Å². The van der Waals surface area contributed by atoms with E-state index in [2.05, 4.69) is 20.7 Å². The second-order valence-electron chi connectivity index (χ2n) is 17.3. The molecule has 2 aliphatic carbocycles. The van der Waals surface area contributed by atoms with Gasteiger partial charge in [0, 0.05) is 53.4 Å². The van der Waals surface area contributed by atoms with E-state index in [1.54, 1.807) is 0 Å². The summed E-state index contributed by atoms with van der Waals surface area (Å²) >= 11 is 0. The highest BCUT2D eigenvalue weighted by molar-refractivity contribution is 6.04. The van der Waals surface area contributed by atoms with Crippen molar-refractivity contribution in [2.75, 3.05) is 58.1 Å². The molecule has 2 aromatic heterocycles. The van der Waals surface area contributed by atoms with Crippen LogP contribution in [0.2, 0.25) is 0 Å². The van der Waals surface area contributed by atoms with Crippen LogP contribution in [-0.2, 0) is 9.47 Å². The molecule has 3 N–H and O–H groups in total. The maximum Gasteiger partial charge on any atom is 0.319 e. The zero-order chi connectivity index (χ0) is 38.4. The van der Waals surface area contributed by atoms with Crippen LogP contribution in [0, 0.1) is 40.7 Å². The van der Waals surface area contributed by atoms with Crippen LogP contribution in [0.1, 0.15) is 69.8 Å². The van der Waals surface area contributed by atoms with Gasteiger partial charge in [-0.3, -0.25) is 4.90 Å². The fourth-order valence-corrected chi connectivity index (χ4v) is 11.3. The zero-order valence-corrected chi connectivity index (χ0v) is 31.8. The summed E-state index contributed by atoms with van der Waals surface area (Å²) in [6.07, 6.45) is 16.1. The summed E-state index contributed by atoms with van der Waals surface area (Å²) in [4.78, 5) is 19.1. The van der Waals surface area contributed by atoms with Crippen LogP contribution in [-0.4, -0.2) is 95.9 Å². The van der Waals surface area contributed by atoms with Crippen molar-refractivity contribution < 1.29 is 32.8 Å². The Morgan fingerprint density at radius 2 is 1.86 bits per heavy atom. The Labute approximate surface area is 324 Å². The van der Waals surface area contributed by atoms with Gasteiger partial charge in [-0.1, -0.05) is 12.0 Å². The molecular weight excluding hydrogens is 719 g/mol. The lowest BCUT2D eigenvalue weighted by atomic mass is 9.67. The van der Waals surface area contributed by atoms with Gasteiger partial charge in [0.2, 0.25) is 5.88 Å². The summed E-state index contributed by atoms with van der Waals surface area (Å²) in [5.74, 6) is 1.61. The quantitative estimate of drug-likeness (QED) is 0.206. The SMILES string of the molecule is C#Cc1c(F)ccc2cc(O)cc(-c3nc(OC)c4c(N5CC6COC(C6)C5)nc(OCC56CCCN(C7CCC8(CC7)COC8)[C@]5(N)CCC6)nc4c3F)c12. The van der Waals surface area contributed by atoms with E-state index in [0.717, 1.165) is 71.1 Å². The molecule has 10 rings (SSSR count). The van der Waals surface area contributed by atoms with E-state index < -0.39 is 17.3 Å². The Morgan fingerprint density at radius 1 is 1.04 bits per heavy atom. The van der Waals surface area contributed by atoms with Gasteiger partial charge in [-0.05, 0) is 87.8 Å². The van der Waals surface area contributed by atoms with Gasteiger partial charge < -0.3 is 34.7 Å². The van der Waals surface area contributed by atoms with Gasteiger partial charge >= 0.3 is 6.01 Å². The number of anilines is 1. The number of fused-ring (bicyclic) bond motifs is 5. The van der Waals surface area contributed by atoms with Gasteiger partial charge in [-0.25, -0.2) is 13.8 Å². The lowest BCUT2D eigenvalue weighted by Gasteiger charge is -2.58. The first-order valence-electron chi connectivity index (χ1n) is 20.1.